The molecule has 0 aliphatic heterocycles. The molecule has 0 atom stereocenters. The first kappa shape index (κ1) is 20.8. The van der Waals surface area contributed by atoms with E-state index in [2.05, 4.69) is 10.6 Å². The molecule has 0 unspecified atom stereocenters. The zero-order chi connectivity index (χ0) is 21.3. The van der Waals surface area contributed by atoms with Crippen molar-refractivity contribution in [3.8, 4) is 0 Å². The number of hydrogen-bond donors (Lipinski definition) is 2. The number of carbonyl (C=O) groups excluding carboxylic acids is 3. The van der Waals surface area contributed by atoms with Crippen molar-refractivity contribution in [3.63, 3.8) is 0 Å². The SMILES string of the molecule is O=C(COC(=O)c1ccc(NC(=O)c2ccco2)cc1)NCCc1ccccc1F. The van der Waals surface area contributed by atoms with Crippen LogP contribution in [0.3, 0.4) is 0 Å². The molecule has 0 spiro atoms. The Morgan fingerprint density at radius 3 is 2.43 bits per heavy atom. The lowest BCUT2D eigenvalue weighted by Crippen LogP contribution is -2.30. The van der Waals surface area contributed by atoms with Crippen molar-refractivity contribution in [1.29, 1.82) is 0 Å². The van der Waals surface area contributed by atoms with Gasteiger partial charge in [-0.3, -0.25) is 9.59 Å². The molecule has 0 radical (unpaired) electrons. The van der Waals surface area contributed by atoms with E-state index < -0.39 is 24.4 Å². The molecule has 0 saturated heterocycles. The van der Waals surface area contributed by atoms with Crippen molar-refractivity contribution in [3.05, 3.63) is 89.6 Å². The van der Waals surface area contributed by atoms with E-state index >= 15 is 0 Å². The van der Waals surface area contributed by atoms with Crippen molar-refractivity contribution in [1.82, 2.24) is 5.32 Å². The fraction of sp³-hybridized carbons (Fsp3) is 0.136. The number of hydrogen-bond acceptors (Lipinski definition) is 5. The van der Waals surface area contributed by atoms with Gasteiger partial charge in [0.2, 0.25) is 0 Å². The molecule has 8 heteroatoms. The van der Waals surface area contributed by atoms with E-state index in [4.69, 9.17) is 9.15 Å². The minimum atomic E-state index is -0.678. The van der Waals surface area contributed by atoms with E-state index in [0.717, 1.165) is 0 Å². The molecule has 0 aliphatic rings. The lowest BCUT2D eigenvalue weighted by atomic mass is 10.1. The maximum absolute atomic E-state index is 13.5. The number of anilines is 1. The van der Waals surface area contributed by atoms with Gasteiger partial charge < -0.3 is 19.8 Å². The molecule has 154 valence electrons. The highest BCUT2D eigenvalue weighted by Crippen LogP contribution is 2.12. The number of amides is 2. The Morgan fingerprint density at radius 1 is 0.967 bits per heavy atom. The third-order valence-corrected chi connectivity index (χ3v) is 4.13. The molecule has 2 N–H and O–H groups in total. The van der Waals surface area contributed by atoms with Gasteiger partial charge in [0.1, 0.15) is 5.82 Å². The van der Waals surface area contributed by atoms with Crippen LogP contribution in [-0.2, 0) is 16.0 Å². The average molecular weight is 410 g/mol. The topological polar surface area (TPSA) is 97.6 Å². The minimum absolute atomic E-state index is 0.166. The van der Waals surface area contributed by atoms with Gasteiger partial charge in [-0.1, -0.05) is 18.2 Å². The molecule has 0 bridgehead atoms. The van der Waals surface area contributed by atoms with Crippen molar-refractivity contribution < 1.29 is 27.9 Å². The van der Waals surface area contributed by atoms with Gasteiger partial charge in [0.25, 0.3) is 11.8 Å². The van der Waals surface area contributed by atoms with Gasteiger partial charge in [-0.15, -0.1) is 0 Å². The van der Waals surface area contributed by atoms with Crippen LogP contribution in [0.2, 0.25) is 0 Å². The Labute approximate surface area is 171 Å². The van der Waals surface area contributed by atoms with Crippen LogP contribution in [0.5, 0.6) is 0 Å². The molecule has 0 fully saturated rings. The van der Waals surface area contributed by atoms with Crippen molar-refractivity contribution >= 4 is 23.5 Å². The number of furan rings is 1. The average Bonchev–Trinajstić information content (AvgIpc) is 3.29. The largest absolute Gasteiger partial charge is 0.459 e. The van der Waals surface area contributed by atoms with Gasteiger partial charge >= 0.3 is 5.97 Å². The predicted octanol–water partition coefficient (Wildman–Crippen LogP) is 3.19. The third kappa shape index (κ3) is 5.78. The van der Waals surface area contributed by atoms with Crippen LogP contribution in [0.25, 0.3) is 0 Å². The van der Waals surface area contributed by atoms with Gasteiger partial charge in [-0.25, -0.2) is 9.18 Å². The first-order valence-electron chi connectivity index (χ1n) is 9.15. The number of rotatable bonds is 8. The number of nitrogens with one attached hydrogen (secondary N) is 2. The Balaban J connectivity index is 1.41. The molecule has 1 aromatic heterocycles. The summed E-state index contributed by atoms with van der Waals surface area (Å²) in [6.45, 7) is -0.228. The minimum Gasteiger partial charge on any atom is -0.459 e. The molecule has 7 nitrogen and oxygen atoms in total. The lowest BCUT2D eigenvalue weighted by Gasteiger charge is -2.08. The Morgan fingerprint density at radius 2 is 1.73 bits per heavy atom. The fourth-order valence-electron chi connectivity index (χ4n) is 2.59. The molecule has 3 rings (SSSR count). The van der Waals surface area contributed by atoms with E-state index in [9.17, 15) is 18.8 Å². The van der Waals surface area contributed by atoms with E-state index in [0.29, 0.717) is 17.7 Å². The number of ether oxygens (including phenoxy) is 1. The monoisotopic (exact) mass is 410 g/mol. The van der Waals surface area contributed by atoms with Crippen LogP contribution in [0, 0.1) is 5.82 Å². The zero-order valence-electron chi connectivity index (χ0n) is 15.9. The summed E-state index contributed by atoms with van der Waals surface area (Å²) in [5, 5.41) is 5.20. The van der Waals surface area contributed by atoms with Crippen LogP contribution in [0.1, 0.15) is 26.5 Å². The molecule has 1 heterocycles. The molecule has 0 saturated carbocycles. The van der Waals surface area contributed by atoms with Gasteiger partial charge in [0.05, 0.1) is 11.8 Å². The first-order valence-corrected chi connectivity index (χ1v) is 9.15. The van der Waals surface area contributed by atoms with Crippen LogP contribution in [0.15, 0.2) is 71.3 Å². The second-order valence-corrected chi connectivity index (χ2v) is 6.28. The summed E-state index contributed by atoms with van der Waals surface area (Å²) < 4.78 is 23.5. The highest BCUT2D eigenvalue weighted by atomic mass is 19.1. The molecular formula is C22H19FN2O5. The van der Waals surface area contributed by atoms with Gasteiger partial charge in [0.15, 0.2) is 12.4 Å². The quantitative estimate of drug-likeness (QED) is 0.556. The summed E-state index contributed by atoms with van der Waals surface area (Å²) in [5.41, 5.74) is 1.19. The van der Waals surface area contributed by atoms with Gasteiger partial charge in [-0.2, -0.15) is 0 Å². The molecular weight excluding hydrogens is 391 g/mol. The van der Waals surface area contributed by atoms with Gasteiger partial charge in [0, 0.05) is 12.2 Å². The zero-order valence-corrected chi connectivity index (χ0v) is 15.9. The van der Waals surface area contributed by atoms with Crippen LogP contribution in [-0.4, -0.2) is 30.9 Å². The van der Waals surface area contributed by atoms with E-state index in [1.54, 1.807) is 24.3 Å². The standard InChI is InChI=1S/C22H19FN2O5/c23-18-5-2-1-4-15(18)11-12-24-20(26)14-30-22(28)16-7-9-17(10-8-16)25-21(27)19-6-3-13-29-19/h1-10,13H,11-12,14H2,(H,24,26)(H,25,27). The highest BCUT2D eigenvalue weighted by molar-refractivity contribution is 6.02. The summed E-state index contributed by atoms with van der Waals surface area (Å²) in [7, 11) is 0. The predicted molar refractivity (Wildman–Crippen MR) is 106 cm³/mol. The normalized spacial score (nSPS) is 10.3. The summed E-state index contributed by atoms with van der Waals surface area (Å²) in [6, 6.07) is 15.4. The number of halogens is 1. The third-order valence-electron chi connectivity index (χ3n) is 4.13. The Kier molecular flexibility index (Phi) is 6.94. The first-order chi connectivity index (χ1) is 14.5. The maximum Gasteiger partial charge on any atom is 0.338 e. The number of esters is 1. The summed E-state index contributed by atoms with van der Waals surface area (Å²) in [6.07, 6.45) is 1.72. The smallest absolute Gasteiger partial charge is 0.338 e. The van der Waals surface area contributed by atoms with Crippen LogP contribution < -0.4 is 10.6 Å². The van der Waals surface area contributed by atoms with Crippen LogP contribution in [0.4, 0.5) is 10.1 Å². The lowest BCUT2D eigenvalue weighted by molar-refractivity contribution is -0.124. The fourth-order valence-corrected chi connectivity index (χ4v) is 2.59. The van der Waals surface area contributed by atoms with E-state index in [-0.39, 0.29) is 23.7 Å². The molecule has 2 aromatic carbocycles. The summed E-state index contributed by atoms with van der Waals surface area (Å²) in [4.78, 5) is 35.8. The Bertz CT molecular complexity index is 1020. The van der Waals surface area contributed by atoms with Crippen LogP contribution >= 0.6 is 0 Å². The summed E-state index contributed by atoms with van der Waals surface area (Å²) >= 11 is 0. The summed E-state index contributed by atoms with van der Waals surface area (Å²) in [5.74, 6) is -1.74. The van der Waals surface area contributed by atoms with E-state index in [1.165, 1.54) is 42.7 Å². The van der Waals surface area contributed by atoms with Crippen molar-refractivity contribution in [2.75, 3.05) is 18.5 Å². The maximum atomic E-state index is 13.5. The second kappa shape index (κ2) is 10.0. The second-order valence-electron chi connectivity index (χ2n) is 6.28. The number of benzene rings is 2. The molecule has 3 aromatic rings. The Hall–Kier alpha value is -3.94. The molecule has 30 heavy (non-hydrogen) atoms. The van der Waals surface area contributed by atoms with E-state index in [1.807, 2.05) is 0 Å². The van der Waals surface area contributed by atoms with Gasteiger partial charge in [-0.05, 0) is 54.4 Å². The number of carbonyl (C=O) groups is 3. The molecule has 2 amide bonds. The van der Waals surface area contributed by atoms with Crippen molar-refractivity contribution in [2.45, 2.75) is 6.42 Å². The molecule has 0 aliphatic carbocycles. The van der Waals surface area contributed by atoms with Crippen molar-refractivity contribution in [2.24, 2.45) is 0 Å². The highest BCUT2D eigenvalue weighted by Gasteiger charge is 2.12.